The molecule has 0 radical (unpaired) electrons. The number of rotatable bonds is 8. The van der Waals surface area contributed by atoms with Gasteiger partial charge in [-0.3, -0.25) is 4.90 Å². The minimum Gasteiger partial charge on any atom is -0.493 e. The average molecular weight is 371 g/mol. The zero-order chi connectivity index (χ0) is 15.9. The first kappa shape index (κ1) is 17.6. The smallest absolute Gasteiger partial charge is 0.161 e. The van der Waals surface area contributed by atoms with E-state index < -0.39 is 0 Å². The Morgan fingerprint density at radius 3 is 2.82 bits per heavy atom. The number of likely N-dealkylation sites (tertiary alicyclic amines) is 1. The van der Waals surface area contributed by atoms with Crippen LogP contribution in [0.4, 0.5) is 0 Å². The normalized spacial score (nSPS) is 18.6. The van der Waals surface area contributed by atoms with Crippen molar-refractivity contribution in [2.75, 3.05) is 33.4 Å². The van der Waals surface area contributed by atoms with Crippen LogP contribution in [0.2, 0.25) is 0 Å². The molecular formula is C17H27BrN2O2. The highest BCUT2D eigenvalue weighted by atomic mass is 79.9. The van der Waals surface area contributed by atoms with Crippen LogP contribution in [0.15, 0.2) is 16.6 Å². The number of methoxy groups -OCH3 is 1. The third-order valence-corrected chi connectivity index (χ3v) is 4.97. The molecule has 2 rings (SSSR count). The highest BCUT2D eigenvalue weighted by Crippen LogP contribution is 2.33. The summed E-state index contributed by atoms with van der Waals surface area (Å²) in [7, 11) is 1.67. The van der Waals surface area contributed by atoms with Gasteiger partial charge < -0.3 is 14.8 Å². The fourth-order valence-electron chi connectivity index (χ4n) is 3.06. The Bertz CT molecular complexity index is 482. The van der Waals surface area contributed by atoms with Gasteiger partial charge in [0.1, 0.15) is 0 Å². The van der Waals surface area contributed by atoms with Crippen LogP contribution in [0.3, 0.4) is 0 Å². The first-order chi connectivity index (χ1) is 10.7. The molecule has 1 aliphatic rings. The van der Waals surface area contributed by atoms with Crippen LogP contribution >= 0.6 is 15.9 Å². The van der Waals surface area contributed by atoms with Gasteiger partial charge in [0.05, 0.1) is 13.7 Å². The van der Waals surface area contributed by atoms with Gasteiger partial charge in [-0.2, -0.15) is 0 Å². The standard InChI is InChI=1S/C17H27BrN2O2/c1-4-20-8-6-7-14(20)12-19-11-13-9-17(22-5-2)16(21-3)10-15(13)18/h9-10,14,19H,4-8,11-12H2,1-3H3. The Balaban J connectivity index is 1.95. The van der Waals surface area contributed by atoms with Gasteiger partial charge in [-0.15, -0.1) is 0 Å². The molecule has 1 heterocycles. The van der Waals surface area contributed by atoms with Crippen LogP contribution in [-0.4, -0.2) is 44.3 Å². The number of ether oxygens (including phenoxy) is 2. The lowest BCUT2D eigenvalue weighted by atomic mass is 10.1. The second-order valence-electron chi connectivity index (χ2n) is 5.58. The fraction of sp³-hybridized carbons (Fsp3) is 0.647. The van der Waals surface area contributed by atoms with Crippen molar-refractivity contribution < 1.29 is 9.47 Å². The topological polar surface area (TPSA) is 33.7 Å². The van der Waals surface area contributed by atoms with E-state index in [1.54, 1.807) is 7.11 Å². The molecule has 4 nitrogen and oxygen atoms in total. The van der Waals surface area contributed by atoms with Crippen LogP contribution in [0.1, 0.15) is 32.3 Å². The molecule has 1 aliphatic heterocycles. The maximum Gasteiger partial charge on any atom is 0.161 e. The minimum absolute atomic E-state index is 0.637. The molecule has 1 atom stereocenters. The predicted molar refractivity (Wildman–Crippen MR) is 93.8 cm³/mol. The molecule has 1 aromatic rings. The van der Waals surface area contributed by atoms with E-state index in [-0.39, 0.29) is 0 Å². The van der Waals surface area contributed by atoms with Crippen LogP contribution in [-0.2, 0) is 6.54 Å². The highest BCUT2D eigenvalue weighted by Gasteiger charge is 2.22. The summed E-state index contributed by atoms with van der Waals surface area (Å²) in [5.41, 5.74) is 1.20. The van der Waals surface area contributed by atoms with E-state index in [1.807, 2.05) is 13.0 Å². The molecule has 0 saturated carbocycles. The van der Waals surface area contributed by atoms with Crippen LogP contribution < -0.4 is 14.8 Å². The zero-order valence-corrected chi connectivity index (χ0v) is 15.4. The van der Waals surface area contributed by atoms with Gasteiger partial charge in [-0.25, -0.2) is 0 Å². The van der Waals surface area contributed by atoms with Gasteiger partial charge in [0.2, 0.25) is 0 Å². The quantitative estimate of drug-likeness (QED) is 0.759. The first-order valence-electron chi connectivity index (χ1n) is 8.13. The highest BCUT2D eigenvalue weighted by molar-refractivity contribution is 9.10. The molecule has 0 amide bonds. The SMILES string of the molecule is CCOc1cc(CNCC2CCCN2CC)c(Br)cc1OC. The number of halogens is 1. The molecule has 1 aromatic carbocycles. The van der Waals surface area contributed by atoms with E-state index in [1.165, 1.54) is 24.9 Å². The van der Waals surface area contributed by atoms with Crippen molar-refractivity contribution in [1.82, 2.24) is 10.2 Å². The third kappa shape index (κ3) is 4.37. The molecular weight excluding hydrogens is 344 g/mol. The Kier molecular flexibility index (Phi) is 6.99. The van der Waals surface area contributed by atoms with E-state index in [2.05, 4.69) is 39.1 Å². The maximum absolute atomic E-state index is 5.66. The van der Waals surface area contributed by atoms with Gasteiger partial charge >= 0.3 is 0 Å². The lowest BCUT2D eigenvalue weighted by molar-refractivity contribution is 0.260. The Labute approximate surface area is 142 Å². The summed E-state index contributed by atoms with van der Waals surface area (Å²) in [6.45, 7) is 9.12. The zero-order valence-electron chi connectivity index (χ0n) is 13.8. The number of hydrogen-bond donors (Lipinski definition) is 1. The summed E-state index contributed by atoms with van der Waals surface area (Å²) in [6, 6.07) is 4.72. The number of nitrogens with one attached hydrogen (secondary N) is 1. The second kappa shape index (κ2) is 8.75. The van der Waals surface area contributed by atoms with E-state index >= 15 is 0 Å². The van der Waals surface area contributed by atoms with E-state index in [9.17, 15) is 0 Å². The molecule has 1 fully saturated rings. The molecule has 22 heavy (non-hydrogen) atoms. The van der Waals surface area contributed by atoms with Gasteiger partial charge in [0, 0.05) is 23.6 Å². The Morgan fingerprint density at radius 1 is 1.32 bits per heavy atom. The van der Waals surface area contributed by atoms with Crippen molar-refractivity contribution in [3.63, 3.8) is 0 Å². The predicted octanol–water partition coefficient (Wildman–Crippen LogP) is 3.43. The van der Waals surface area contributed by atoms with Crippen molar-refractivity contribution in [3.05, 3.63) is 22.2 Å². The van der Waals surface area contributed by atoms with Gasteiger partial charge in [0.25, 0.3) is 0 Å². The summed E-state index contributed by atoms with van der Waals surface area (Å²) in [4.78, 5) is 2.56. The molecule has 0 aliphatic carbocycles. The molecule has 1 saturated heterocycles. The first-order valence-corrected chi connectivity index (χ1v) is 8.92. The average Bonchev–Trinajstić information content (AvgIpc) is 2.97. The minimum atomic E-state index is 0.637. The molecule has 0 spiro atoms. The lowest BCUT2D eigenvalue weighted by Gasteiger charge is -2.23. The van der Waals surface area contributed by atoms with Gasteiger partial charge in [0.15, 0.2) is 11.5 Å². The number of benzene rings is 1. The molecule has 0 aromatic heterocycles. The third-order valence-electron chi connectivity index (χ3n) is 4.23. The van der Waals surface area contributed by atoms with E-state index in [4.69, 9.17) is 9.47 Å². The van der Waals surface area contributed by atoms with Crippen LogP contribution in [0, 0.1) is 0 Å². The number of likely N-dealkylation sites (N-methyl/N-ethyl adjacent to an activating group) is 1. The van der Waals surface area contributed by atoms with Crippen LogP contribution in [0.5, 0.6) is 11.5 Å². The molecule has 0 bridgehead atoms. The fourth-order valence-corrected chi connectivity index (χ4v) is 3.52. The Hall–Kier alpha value is -0.780. The van der Waals surface area contributed by atoms with Crippen molar-refractivity contribution in [1.29, 1.82) is 0 Å². The van der Waals surface area contributed by atoms with Crippen molar-refractivity contribution in [2.24, 2.45) is 0 Å². The van der Waals surface area contributed by atoms with Gasteiger partial charge in [-0.05, 0) is 50.6 Å². The van der Waals surface area contributed by atoms with Crippen molar-refractivity contribution in [3.8, 4) is 11.5 Å². The molecule has 1 N–H and O–H groups in total. The summed E-state index contributed by atoms with van der Waals surface area (Å²) in [5.74, 6) is 1.58. The van der Waals surface area contributed by atoms with Crippen LogP contribution in [0.25, 0.3) is 0 Å². The van der Waals surface area contributed by atoms with E-state index in [0.29, 0.717) is 12.6 Å². The largest absolute Gasteiger partial charge is 0.493 e. The summed E-state index contributed by atoms with van der Waals surface area (Å²) in [6.07, 6.45) is 2.62. The van der Waals surface area contributed by atoms with E-state index in [0.717, 1.165) is 35.6 Å². The number of hydrogen-bond acceptors (Lipinski definition) is 4. The van der Waals surface area contributed by atoms with Gasteiger partial charge in [-0.1, -0.05) is 22.9 Å². The molecule has 5 heteroatoms. The maximum atomic E-state index is 5.66. The summed E-state index contributed by atoms with van der Waals surface area (Å²) < 4.78 is 12.1. The van der Waals surface area contributed by atoms with Crippen molar-refractivity contribution in [2.45, 2.75) is 39.3 Å². The molecule has 124 valence electrons. The lowest BCUT2D eigenvalue weighted by Crippen LogP contribution is -2.37. The molecule has 1 unspecified atom stereocenters. The van der Waals surface area contributed by atoms with Crippen molar-refractivity contribution >= 4 is 15.9 Å². The second-order valence-corrected chi connectivity index (χ2v) is 6.44. The summed E-state index contributed by atoms with van der Waals surface area (Å²) >= 11 is 3.63. The summed E-state index contributed by atoms with van der Waals surface area (Å²) in [5, 5.41) is 3.59. The number of nitrogens with zero attached hydrogens (tertiary/aromatic N) is 1. The Morgan fingerprint density at radius 2 is 2.14 bits per heavy atom. The monoisotopic (exact) mass is 370 g/mol.